The summed E-state index contributed by atoms with van der Waals surface area (Å²) in [6, 6.07) is 0. The molecule has 0 aliphatic rings. The zero-order chi connectivity index (χ0) is 14.1. The Morgan fingerprint density at radius 2 is 2.00 bits per heavy atom. The number of hydrogen-bond donors (Lipinski definition) is 1. The predicted octanol–water partition coefficient (Wildman–Crippen LogP) is 3.32. The number of pyridine rings is 1. The fraction of sp³-hybridized carbons (Fsp3) is 0.333. The van der Waals surface area contributed by atoms with Crippen molar-refractivity contribution >= 4 is 17.6 Å². The van der Waals surface area contributed by atoms with Gasteiger partial charge in [-0.3, -0.25) is 9.78 Å². The Morgan fingerprint density at radius 3 is 2.39 bits per heavy atom. The fourth-order valence-electron chi connectivity index (χ4n) is 1.25. The van der Waals surface area contributed by atoms with Crippen LogP contribution in [0.3, 0.4) is 0 Å². The summed E-state index contributed by atoms with van der Waals surface area (Å²) in [5, 5.41) is 7.42. The normalized spacial score (nSPS) is 11.9. The van der Waals surface area contributed by atoms with E-state index in [1.165, 1.54) is 0 Å². The highest BCUT2D eigenvalue weighted by Gasteiger charge is 2.36. The number of hydrogen-bond acceptors (Lipinski definition) is 2. The number of aliphatic carboxylic acids is 1. The molecular weight excluding hydrogens is 285 g/mol. The van der Waals surface area contributed by atoms with E-state index in [-0.39, 0.29) is 6.20 Å². The first-order chi connectivity index (χ1) is 8.14. The largest absolute Gasteiger partial charge is 0.481 e. The SMILES string of the molecule is O=C(O)Cc1c(C(F)F)ncc(C(F)(F)F)c1Cl. The summed E-state index contributed by atoms with van der Waals surface area (Å²) < 4.78 is 62.3. The number of rotatable bonds is 3. The lowest BCUT2D eigenvalue weighted by Gasteiger charge is -2.14. The van der Waals surface area contributed by atoms with Crippen LogP contribution in [-0.2, 0) is 17.4 Å². The number of halogens is 6. The molecular formula is C9H5ClF5NO2. The van der Waals surface area contributed by atoms with Crippen molar-refractivity contribution in [1.82, 2.24) is 4.98 Å². The van der Waals surface area contributed by atoms with Crippen molar-refractivity contribution in [3.63, 3.8) is 0 Å². The second-order valence-corrected chi connectivity index (χ2v) is 3.60. The molecule has 0 unspecified atom stereocenters. The van der Waals surface area contributed by atoms with E-state index < -0.39 is 46.8 Å². The van der Waals surface area contributed by atoms with Gasteiger partial charge >= 0.3 is 12.1 Å². The van der Waals surface area contributed by atoms with Gasteiger partial charge in [0.15, 0.2) is 0 Å². The molecule has 0 amide bonds. The molecule has 1 heterocycles. The summed E-state index contributed by atoms with van der Waals surface area (Å²) in [7, 11) is 0. The molecule has 100 valence electrons. The van der Waals surface area contributed by atoms with Crippen LogP contribution in [0.1, 0.15) is 23.2 Å². The zero-order valence-corrected chi connectivity index (χ0v) is 9.19. The number of carboxylic acid groups (broad SMARTS) is 1. The Kier molecular flexibility index (Phi) is 4.10. The van der Waals surface area contributed by atoms with Crippen molar-refractivity contribution in [2.24, 2.45) is 0 Å². The Morgan fingerprint density at radius 1 is 1.44 bits per heavy atom. The van der Waals surface area contributed by atoms with Crippen LogP contribution >= 0.6 is 11.6 Å². The first kappa shape index (κ1) is 14.6. The van der Waals surface area contributed by atoms with Gasteiger partial charge in [-0.05, 0) is 0 Å². The van der Waals surface area contributed by atoms with E-state index in [2.05, 4.69) is 4.98 Å². The summed E-state index contributed by atoms with van der Waals surface area (Å²) in [4.78, 5) is 13.4. The second kappa shape index (κ2) is 5.05. The van der Waals surface area contributed by atoms with Crippen LogP contribution in [0.2, 0.25) is 5.02 Å². The lowest BCUT2D eigenvalue weighted by atomic mass is 10.1. The minimum Gasteiger partial charge on any atom is -0.481 e. The molecule has 0 atom stereocenters. The first-order valence-corrected chi connectivity index (χ1v) is 4.76. The third kappa shape index (κ3) is 3.06. The van der Waals surface area contributed by atoms with Gasteiger partial charge in [0.05, 0.1) is 17.0 Å². The zero-order valence-electron chi connectivity index (χ0n) is 8.43. The fourth-order valence-corrected chi connectivity index (χ4v) is 1.57. The van der Waals surface area contributed by atoms with Gasteiger partial charge in [0, 0.05) is 11.8 Å². The minimum atomic E-state index is -4.89. The van der Waals surface area contributed by atoms with Gasteiger partial charge in [0.1, 0.15) is 5.69 Å². The summed E-state index contributed by atoms with van der Waals surface area (Å²) >= 11 is 5.33. The van der Waals surface area contributed by atoms with E-state index in [1.807, 2.05) is 0 Å². The van der Waals surface area contributed by atoms with Crippen LogP contribution in [0.5, 0.6) is 0 Å². The number of aromatic nitrogens is 1. The van der Waals surface area contributed by atoms with Crippen LogP contribution in [0.4, 0.5) is 22.0 Å². The molecule has 0 radical (unpaired) electrons. The summed E-state index contributed by atoms with van der Waals surface area (Å²) in [6.45, 7) is 0. The average Bonchev–Trinajstić information content (AvgIpc) is 2.17. The molecule has 1 N–H and O–H groups in total. The van der Waals surface area contributed by atoms with Crippen LogP contribution in [-0.4, -0.2) is 16.1 Å². The molecule has 1 aromatic rings. The van der Waals surface area contributed by atoms with E-state index in [1.54, 1.807) is 0 Å². The lowest BCUT2D eigenvalue weighted by molar-refractivity contribution is -0.139. The predicted molar refractivity (Wildman–Crippen MR) is 50.5 cm³/mol. The quantitative estimate of drug-likeness (QED) is 0.869. The first-order valence-electron chi connectivity index (χ1n) is 4.39. The molecule has 0 aromatic carbocycles. The molecule has 9 heteroatoms. The van der Waals surface area contributed by atoms with Gasteiger partial charge in [0.2, 0.25) is 0 Å². The van der Waals surface area contributed by atoms with E-state index in [0.717, 1.165) is 0 Å². The highest BCUT2D eigenvalue weighted by molar-refractivity contribution is 6.32. The minimum absolute atomic E-state index is 0.162. The Bertz CT molecular complexity index is 475. The highest BCUT2D eigenvalue weighted by Crippen LogP contribution is 2.38. The van der Waals surface area contributed by atoms with Crippen LogP contribution < -0.4 is 0 Å². The lowest BCUT2D eigenvalue weighted by Crippen LogP contribution is -2.13. The number of carboxylic acids is 1. The third-order valence-corrected chi connectivity index (χ3v) is 2.42. The molecule has 18 heavy (non-hydrogen) atoms. The van der Waals surface area contributed by atoms with E-state index in [0.29, 0.717) is 0 Å². The standard InChI is InChI=1S/C9H5ClF5NO2/c10-6-3(1-5(17)18)7(8(11)12)16-2-4(6)9(13,14)15/h2,8H,1H2,(H,17,18). The second-order valence-electron chi connectivity index (χ2n) is 3.22. The van der Waals surface area contributed by atoms with Crippen molar-refractivity contribution in [3.05, 3.63) is 28.0 Å². The number of carbonyl (C=O) groups is 1. The van der Waals surface area contributed by atoms with E-state index >= 15 is 0 Å². The number of nitrogens with zero attached hydrogens (tertiary/aromatic N) is 1. The van der Waals surface area contributed by atoms with Crippen molar-refractivity contribution in [1.29, 1.82) is 0 Å². The maximum atomic E-state index is 12.5. The van der Waals surface area contributed by atoms with Crippen LogP contribution in [0.25, 0.3) is 0 Å². The Hall–Kier alpha value is -1.44. The highest BCUT2D eigenvalue weighted by atomic mass is 35.5. The molecule has 0 fully saturated rings. The maximum Gasteiger partial charge on any atom is 0.419 e. The van der Waals surface area contributed by atoms with Crippen molar-refractivity contribution in [2.75, 3.05) is 0 Å². The summed E-state index contributed by atoms with van der Waals surface area (Å²) in [6.07, 6.45) is -9.00. The van der Waals surface area contributed by atoms with E-state index in [9.17, 15) is 26.7 Å². The molecule has 3 nitrogen and oxygen atoms in total. The molecule has 0 aliphatic heterocycles. The molecule has 0 spiro atoms. The summed E-state index contributed by atoms with van der Waals surface area (Å²) in [5.41, 5.74) is -3.32. The van der Waals surface area contributed by atoms with Gasteiger partial charge < -0.3 is 5.11 Å². The Labute approximate surface area is 102 Å². The molecule has 1 aromatic heterocycles. The van der Waals surface area contributed by atoms with Crippen LogP contribution in [0.15, 0.2) is 6.20 Å². The molecule has 0 saturated heterocycles. The monoisotopic (exact) mass is 289 g/mol. The summed E-state index contributed by atoms with van der Waals surface area (Å²) in [5.74, 6) is -1.58. The molecule has 0 aliphatic carbocycles. The number of alkyl halides is 5. The van der Waals surface area contributed by atoms with Gasteiger partial charge in [-0.15, -0.1) is 0 Å². The van der Waals surface area contributed by atoms with Crippen molar-refractivity contribution in [3.8, 4) is 0 Å². The van der Waals surface area contributed by atoms with Gasteiger partial charge in [-0.1, -0.05) is 11.6 Å². The maximum absolute atomic E-state index is 12.5. The van der Waals surface area contributed by atoms with Gasteiger partial charge in [-0.25, -0.2) is 8.78 Å². The van der Waals surface area contributed by atoms with Gasteiger partial charge in [-0.2, -0.15) is 13.2 Å². The molecule has 0 bridgehead atoms. The van der Waals surface area contributed by atoms with Gasteiger partial charge in [0.25, 0.3) is 6.43 Å². The smallest absolute Gasteiger partial charge is 0.419 e. The topological polar surface area (TPSA) is 50.2 Å². The van der Waals surface area contributed by atoms with E-state index in [4.69, 9.17) is 16.7 Å². The van der Waals surface area contributed by atoms with Crippen LogP contribution in [0, 0.1) is 0 Å². The average molecular weight is 290 g/mol. The molecule has 0 saturated carbocycles. The third-order valence-electron chi connectivity index (χ3n) is 1.98. The molecule has 1 rings (SSSR count). The Balaban J connectivity index is 3.44. The van der Waals surface area contributed by atoms with Crippen molar-refractivity contribution in [2.45, 2.75) is 19.0 Å². The van der Waals surface area contributed by atoms with Crippen molar-refractivity contribution < 1.29 is 31.9 Å².